The molecule has 0 spiro atoms. The van der Waals surface area contributed by atoms with Gasteiger partial charge in [0.2, 0.25) is 0 Å². The van der Waals surface area contributed by atoms with E-state index >= 15 is 0 Å². The Balaban J connectivity index is 0.00000288. The van der Waals surface area contributed by atoms with Gasteiger partial charge in [-0.2, -0.15) is 0 Å². The molecule has 0 bridgehead atoms. The number of ether oxygens (including phenoxy) is 2. The van der Waals surface area contributed by atoms with Crippen molar-refractivity contribution < 1.29 is 14.3 Å². The van der Waals surface area contributed by atoms with E-state index in [0.717, 1.165) is 38.6 Å². The molecule has 136 valence electrons. The summed E-state index contributed by atoms with van der Waals surface area (Å²) in [4.78, 5) is 14.1. The monoisotopic (exact) mass is 356 g/mol. The van der Waals surface area contributed by atoms with Gasteiger partial charge in [-0.25, -0.2) is 0 Å². The molecule has 0 atom stereocenters. The number of rotatable bonds is 6. The summed E-state index contributed by atoms with van der Waals surface area (Å²) < 4.78 is 10.8. The number of halogens is 1. The van der Waals surface area contributed by atoms with Crippen LogP contribution in [-0.4, -0.2) is 56.8 Å². The predicted molar refractivity (Wildman–Crippen MR) is 98.2 cm³/mol. The Labute approximate surface area is 151 Å². The highest BCUT2D eigenvalue weighted by Gasteiger charge is 2.13. The van der Waals surface area contributed by atoms with Gasteiger partial charge in [0.15, 0.2) is 6.61 Å². The molecule has 1 aromatic carbocycles. The first-order valence-corrected chi connectivity index (χ1v) is 8.25. The smallest absolute Gasteiger partial charge is 0.257 e. The predicted octanol–water partition coefficient (Wildman–Crippen LogP) is 2.23. The SMILES string of the molecule is CC(C)(C)c1ccc(OCC(=O)NCCN2CCOCC2)cc1.Cl. The van der Waals surface area contributed by atoms with Crippen molar-refractivity contribution in [3.05, 3.63) is 29.8 Å². The molecular formula is C18H29ClN2O3. The van der Waals surface area contributed by atoms with E-state index in [1.807, 2.05) is 24.3 Å². The van der Waals surface area contributed by atoms with Gasteiger partial charge < -0.3 is 14.8 Å². The first-order valence-electron chi connectivity index (χ1n) is 8.25. The molecule has 0 aliphatic carbocycles. The average Bonchev–Trinajstić information content (AvgIpc) is 2.53. The third-order valence-electron chi connectivity index (χ3n) is 3.94. The zero-order chi connectivity index (χ0) is 16.7. The van der Waals surface area contributed by atoms with Gasteiger partial charge in [0.05, 0.1) is 13.2 Å². The fourth-order valence-electron chi connectivity index (χ4n) is 2.43. The van der Waals surface area contributed by atoms with Crippen molar-refractivity contribution in [1.29, 1.82) is 0 Å². The minimum Gasteiger partial charge on any atom is -0.484 e. The van der Waals surface area contributed by atoms with Gasteiger partial charge in [-0.05, 0) is 23.1 Å². The van der Waals surface area contributed by atoms with Crippen molar-refractivity contribution in [2.24, 2.45) is 0 Å². The lowest BCUT2D eigenvalue weighted by Crippen LogP contribution is -2.42. The molecule has 24 heavy (non-hydrogen) atoms. The highest BCUT2D eigenvalue weighted by atomic mass is 35.5. The van der Waals surface area contributed by atoms with E-state index in [4.69, 9.17) is 9.47 Å². The second-order valence-electron chi connectivity index (χ2n) is 6.87. The minimum absolute atomic E-state index is 0. The largest absolute Gasteiger partial charge is 0.484 e. The molecule has 0 radical (unpaired) electrons. The lowest BCUT2D eigenvalue weighted by molar-refractivity contribution is -0.123. The van der Waals surface area contributed by atoms with Crippen LogP contribution in [0.25, 0.3) is 0 Å². The molecular weight excluding hydrogens is 328 g/mol. The number of nitrogens with one attached hydrogen (secondary N) is 1. The van der Waals surface area contributed by atoms with E-state index in [2.05, 4.69) is 31.0 Å². The second-order valence-corrected chi connectivity index (χ2v) is 6.87. The van der Waals surface area contributed by atoms with E-state index < -0.39 is 0 Å². The number of hydrogen-bond acceptors (Lipinski definition) is 4. The summed E-state index contributed by atoms with van der Waals surface area (Å²) >= 11 is 0. The van der Waals surface area contributed by atoms with Crippen LogP contribution >= 0.6 is 12.4 Å². The summed E-state index contributed by atoms with van der Waals surface area (Å²) in [5.74, 6) is 0.638. The number of hydrogen-bond donors (Lipinski definition) is 1. The molecule has 0 saturated carbocycles. The summed E-state index contributed by atoms with van der Waals surface area (Å²) in [5, 5.41) is 2.89. The van der Waals surface area contributed by atoms with Crippen LogP contribution in [0.5, 0.6) is 5.75 Å². The molecule has 5 nitrogen and oxygen atoms in total. The Kier molecular flexibility index (Phi) is 8.53. The van der Waals surface area contributed by atoms with Crippen LogP contribution in [-0.2, 0) is 14.9 Å². The Bertz CT molecular complexity index is 494. The zero-order valence-electron chi connectivity index (χ0n) is 14.8. The van der Waals surface area contributed by atoms with Crippen molar-refractivity contribution in [3.63, 3.8) is 0 Å². The topological polar surface area (TPSA) is 50.8 Å². The molecule has 1 amide bonds. The van der Waals surface area contributed by atoms with E-state index in [1.165, 1.54) is 5.56 Å². The van der Waals surface area contributed by atoms with Crippen LogP contribution in [0.2, 0.25) is 0 Å². The zero-order valence-corrected chi connectivity index (χ0v) is 15.7. The highest BCUT2D eigenvalue weighted by molar-refractivity contribution is 5.85. The molecule has 1 heterocycles. The van der Waals surface area contributed by atoms with E-state index in [0.29, 0.717) is 6.54 Å². The molecule has 2 rings (SSSR count). The first kappa shape index (κ1) is 20.7. The van der Waals surface area contributed by atoms with Gasteiger partial charge in [-0.15, -0.1) is 12.4 Å². The Morgan fingerprint density at radius 2 is 1.83 bits per heavy atom. The lowest BCUT2D eigenvalue weighted by Gasteiger charge is -2.26. The summed E-state index contributed by atoms with van der Waals surface area (Å²) in [6.45, 7) is 11.5. The molecule has 6 heteroatoms. The number of amides is 1. The maximum atomic E-state index is 11.8. The number of nitrogens with zero attached hydrogens (tertiary/aromatic N) is 1. The molecule has 1 fully saturated rings. The molecule has 1 saturated heterocycles. The third-order valence-corrected chi connectivity index (χ3v) is 3.94. The summed E-state index contributed by atoms with van der Waals surface area (Å²) in [6.07, 6.45) is 0. The van der Waals surface area contributed by atoms with Gasteiger partial charge >= 0.3 is 0 Å². The van der Waals surface area contributed by atoms with Gasteiger partial charge in [0.1, 0.15) is 5.75 Å². The van der Waals surface area contributed by atoms with Crippen LogP contribution in [0.15, 0.2) is 24.3 Å². The first-order chi connectivity index (χ1) is 10.9. The van der Waals surface area contributed by atoms with E-state index in [9.17, 15) is 4.79 Å². The van der Waals surface area contributed by atoms with Crippen LogP contribution in [0.4, 0.5) is 0 Å². The van der Waals surface area contributed by atoms with E-state index in [-0.39, 0.29) is 30.3 Å². The van der Waals surface area contributed by atoms with Crippen molar-refractivity contribution in [3.8, 4) is 5.75 Å². The van der Waals surface area contributed by atoms with Crippen molar-refractivity contribution in [1.82, 2.24) is 10.2 Å². The molecule has 1 aliphatic heterocycles. The van der Waals surface area contributed by atoms with Gasteiger partial charge in [-0.3, -0.25) is 9.69 Å². The Morgan fingerprint density at radius 3 is 2.42 bits per heavy atom. The molecule has 1 N–H and O–H groups in total. The summed E-state index contributed by atoms with van der Waals surface area (Å²) in [5.41, 5.74) is 1.37. The van der Waals surface area contributed by atoms with Crippen LogP contribution in [0.1, 0.15) is 26.3 Å². The van der Waals surface area contributed by atoms with Gasteiger partial charge in [-0.1, -0.05) is 32.9 Å². The van der Waals surface area contributed by atoms with Crippen molar-refractivity contribution in [2.75, 3.05) is 46.0 Å². The highest BCUT2D eigenvalue weighted by Crippen LogP contribution is 2.24. The summed E-state index contributed by atoms with van der Waals surface area (Å²) in [7, 11) is 0. The average molecular weight is 357 g/mol. The standard InChI is InChI=1S/C18H28N2O3.ClH/c1-18(2,3)15-4-6-16(7-5-15)23-14-17(21)19-8-9-20-10-12-22-13-11-20;/h4-7H,8-14H2,1-3H3,(H,19,21);1H. The fraction of sp³-hybridized carbons (Fsp3) is 0.611. The molecule has 1 aliphatic rings. The fourth-order valence-corrected chi connectivity index (χ4v) is 2.43. The number of morpholine rings is 1. The molecule has 0 aromatic heterocycles. The molecule has 0 unspecified atom stereocenters. The Morgan fingerprint density at radius 1 is 1.21 bits per heavy atom. The molecule has 1 aromatic rings. The van der Waals surface area contributed by atoms with Gasteiger partial charge in [0.25, 0.3) is 5.91 Å². The second kappa shape index (κ2) is 9.87. The number of carbonyl (C=O) groups is 1. The quantitative estimate of drug-likeness (QED) is 0.849. The maximum absolute atomic E-state index is 11.8. The number of carbonyl (C=O) groups excluding carboxylic acids is 1. The third kappa shape index (κ3) is 7.07. The van der Waals surface area contributed by atoms with Crippen LogP contribution < -0.4 is 10.1 Å². The van der Waals surface area contributed by atoms with Gasteiger partial charge in [0, 0.05) is 26.2 Å². The number of benzene rings is 1. The van der Waals surface area contributed by atoms with Crippen LogP contribution in [0.3, 0.4) is 0 Å². The lowest BCUT2D eigenvalue weighted by atomic mass is 9.87. The summed E-state index contributed by atoms with van der Waals surface area (Å²) in [6, 6.07) is 7.93. The van der Waals surface area contributed by atoms with Crippen LogP contribution in [0, 0.1) is 0 Å². The van der Waals surface area contributed by atoms with Crippen molar-refractivity contribution in [2.45, 2.75) is 26.2 Å². The minimum atomic E-state index is -0.0850. The van der Waals surface area contributed by atoms with E-state index in [1.54, 1.807) is 0 Å². The normalized spacial score (nSPS) is 15.5. The van der Waals surface area contributed by atoms with Crippen molar-refractivity contribution >= 4 is 18.3 Å². The maximum Gasteiger partial charge on any atom is 0.257 e. The Hall–Kier alpha value is -1.30.